The van der Waals surface area contributed by atoms with E-state index in [-0.39, 0.29) is 33.5 Å². The molecule has 0 saturated carbocycles. The van der Waals surface area contributed by atoms with Gasteiger partial charge in [-0.15, -0.1) is 0 Å². The lowest BCUT2D eigenvalue weighted by Crippen LogP contribution is -2.39. The van der Waals surface area contributed by atoms with Crippen molar-refractivity contribution >= 4 is 91.2 Å². The van der Waals surface area contributed by atoms with Gasteiger partial charge in [-0.25, -0.2) is 0 Å². The third-order valence-corrected chi connectivity index (χ3v) is 6.69. The fourth-order valence-electron chi connectivity index (χ4n) is 2.21. The first-order valence-electron chi connectivity index (χ1n) is 7.71. The van der Waals surface area contributed by atoms with E-state index in [2.05, 4.69) is 5.32 Å². The number of carbonyl (C=O) groups excluding carboxylic acids is 3. The molecule has 13 heteroatoms. The van der Waals surface area contributed by atoms with Crippen molar-refractivity contribution in [1.82, 2.24) is 5.32 Å². The Morgan fingerprint density at radius 2 is 1.61 bits per heavy atom. The number of nitrogens with one attached hydrogen (secondary N) is 1. The van der Waals surface area contributed by atoms with Crippen LogP contribution in [0.4, 0.5) is 5.69 Å². The molecule has 1 aromatic carbocycles. The minimum absolute atomic E-state index is 0.0122. The fourth-order valence-corrected chi connectivity index (χ4v) is 6.98. The van der Waals surface area contributed by atoms with E-state index in [9.17, 15) is 29.7 Å². The second-order valence-electron chi connectivity index (χ2n) is 5.38. The molecule has 10 nitrogen and oxygen atoms in total. The lowest BCUT2D eigenvalue weighted by Gasteiger charge is -2.27. The van der Waals surface area contributed by atoms with Crippen molar-refractivity contribution in [2.45, 2.75) is 6.10 Å². The summed E-state index contributed by atoms with van der Waals surface area (Å²) in [5.74, 6) is -2.21. The minimum atomic E-state index is -1.17. The number of aliphatic hydroxyl groups is 4. The number of nitrogens with two attached hydrogens (primary N) is 1. The van der Waals surface area contributed by atoms with E-state index in [0.717, 1.165) is 4.90 Å². The minimum Gasteiger partial charge on any atom is -0.395 e. The largest absolute Gasteiger partial charge is 0.395 e. The number of hydrogen-bond donors (Lipinski definition) is 6. The molecule has 0 bridgehead atoms. The molecule has 1 atom stereocenters. The van der Waals surface area contributed by atoms with E-state index in [4.69, 9.17) is 10.8 Å². The zero-order chi connectivity index (χ0) is 21.6. The summed E-state index contributed by atoms with van der Waals surface area (Å²) in [4.78, 5) is 38.0. The number of anilines is 1. The summed E-state index contributed by atoms with van der Waals surface area (Å²) < 4.78 is 0.836. The number of rotatable bonds is 9. The number of carbonyl (C=O) groups is 3. The normalized spacial score (nSPS) is 11.8. The van der Waals surface area contributed by atoms with Gasteiger partial charge in [-0.1, -0.05) is 0 Å². The first-order chi connectivity index (χ1) is 13.1. The van der Waals surface area contributed by atoms with Gasteiger partial charge in [0.15, 0.2) is 0 Å². The Morgan fingerprint density at radius 1 is 1.04 bits per heavy atom. The summed E-state index contributed by atoms with van der Waals surface area (Å²) in [5.41, 5.74) is 5.69. The van der Waals surface area contributed by atoms with Gasteiger partial charge in [-0.05, 0) is 67.8 Å². The van der Waals surface area contributed by atoms with Crippen LogP contribution < -0.4 is 16.0 Å². The van der Waals surface area contributed by atoms with Crippen molar-refractivity contribution in [3.8, 4) is 0 Å². The molecule has 28 heavy (non-hydrogen) atoms. The second kappa shape index (κ2) is 11.7. The van der Waals surface area contributed by atoms with Crippen molar-refractivity contribution < 1.29 is 34.8 Å². The van der Waals surface area contributed by atoms with Crippen LogP contribution in [0.3, 0.4) is 0 Å². The molecule has 0 aromatic heterocycles. The van der Waals surface area contributed by atoms with Gasteiger partial charge in [-0.2, -0.15) is 0 Å². The molecule has 0 aliphatic carbocycles. The first-order valence-corrected chi connectivity index (χ1v) is 10.9. The number of amides is 3. The molecule has 0 aliphatic heterocycles. The summed E-state index contributed by atoms with van der Waals surface area (Å²) in [6.45, 7) is -2.21. The molecule has 156 valence electrons. The van der Waals surface area contributed by atoms with Crippen LogP contribution in [0, 0.1) is 10.7 Å². The van der Waals surface area contributed by atoms with E-state index in [0.29, 0.717) is 7.14 Å². The molecule has 1 rings (SSSR count). The molecule has 0 heterocycles. The van der Waals surface area contributed by atoms with Crippen molar-refractivity contribution in [2.24, 2.45) is 5.73 Å². The van der Waals surface area contributed by atoms with Gasteiger partial charge in [0, 0.05) is 16.7 Å². The van der Waals surface area contributed by atoms with E-state index < -0.39 is 43.6 Å². The maximum Gasteiger partial charge on any atom is 0.253 e. The highest BCUT2D eigenvalue weighted by atomic mass is 127. The van der Waals surface area contributed by atoms with Crippen LogP contribution in [-0.2, 0) is 4.79 Å². The number of nitrogens with zero attached hydrogens (tertiary/aromatic N) is 1. The van der Waals surface area contributed by atoms with Crippen LogP contribution >= 0.6 is 67.8 Å². The smallest absolute Gasteiger partial charge is 0.253 e. The summed E-state index contributed by atoms with van der Waals surface area (Å²) >= 11 is 5.44. The summed E-state index contributed by atoms with van der Waals surface area (Å²) in [6, 6.07) is 0. The van der Waals surface area contributed by atoms with Crippen molar-refractivity contribution in [3.63, 3.8) is 0 Å². The molecule has 0 aliphatic rings. The summed E-state index contributed by atoms with van der Waals surface area (Å²) in [7, 11) is 0. The maximum absolute atomic E-state index is 12.7. The highest BCUT2D eigenvalue weighted by Gasteiger charge is 2.31. The Bertz CT molecular complexity index is 776. The van der Waals surface area contributed by atoms with Crippen LogP contribution in [0.1, 0.15) is 20.7 Å². The lowest BCUT2D eigenvalue weighted by atomic mass is 10.1. The molecule has 0 saturated heterocycles. The lowest BCUT2D eigenvalue weighted by molar-refractivity contribution is -0.121. The Kier molecular flexibility index (Phi) is 10.8. The first kappa shape index (κ1) is 25.7. The fraction of sp³-hybridized carbons (Fsp3) is 0.400. The monoisotopic (exact) mass is 733 g/mol. The van der Waals surface area contributed by atoms with Crippen LogP contribution in [0.15, 0.2) is 0 Å². The molecule has 0 fully saturated rings. The molecule has 1 aromatic rings. The van der Waals surface area contributed by atoms with Crippen LogP contribution in [0.5, 0.6) is 0 Å². The molecular formula is C15H18I3N3O7. The maximum atomic E-state index is 12.7. The summed E-state index contributed by atoms with van der Waals surface area (Å²) in [5, 5.41) is 39.3. The Balaban J connectivity index is 3.69. The Hall–Kier alpha value is -0.340. The van der Waals surface area contributed by atoms with Gasteiger partial charge >= 0.3 is 0 Å². The van der Waals surface area contributed by atoms with Gasteiger partial charge in [0.05, 0.1) is 43.3 Å². The van der Waals surface area contributed by atoms with E-state index in [1.807, 2.05) is 45.2 Å². The number of halogens is 3. The molecule has 0 spiro atoms. The Morgan fingerprint density at radius 3 is 2.07 bits per heavy atom. The second-order valence-corrected chi connectivity index (χ2v) is 8.61. The molecular weight excluding hydrogens is 715 g/mol. The predicted octanol–water partition coefficient (Wildman–Crippen LogP) is -1.00. The SMILES string of the molecule is NC(=O)c1c(I)c(C(=O)NCC(O)CO)c(I)c(N(CCO)C(=O)CO)c1I. The van der Waals surface area contributed by atoms with E-state index in [1.54, 1.807) is 22.6 Å². The zero-order valence-electron chi connectivity index (χ0n) is 14.3. The number of benzene rings is 1. The van der Waals surface area contributed by atoms with Gasteiger partial charge in [-0.3, -0.25) is 14.4 Å². The summed E-state index contributed by atoms with van der Waals surface area (Å²) in [6.07, 6.45) is -1.17. The van der Waals surface area contributed by atoms with Crippen molar-refractivity contribution in [1.29, 1.82) is 0 Å². The van der Waals surface area contributed by atoms with Crippen molar-refractivity contribution in [3.05, 3.63) is 21.8 Å². The van der Waals surface area contributed by atoms with Gasteiger partial charge < -0.3 is 36.4 Å². The van der Waals surface area contributed by atoms with Gasteiger partial charge in [0.2, 0.25) is 0 Å². The predicted molar refractivity (Wildman–Crippen MR) is 125 cm³/mol. The topological polar surface area (TPSA) is 173 Å². The number of aliphatic hydroxyl groups excluding tert-OH is 4. The molecule has 0 radical (unpaired) electrons. The Labute approximate surface area is 201 Å². The average Bonchev–Trinajstić information content (AvgIpc) is 2.64. The van der Waals surface area contributed by atoms with Crippen LogP contribution in [0.25, 0.3) is 0 Å². The van der Waals surface area contributed by atoms with Crippen molar-refractivity contribution in [2.75, 3.05) is 37.8 Å². The van der Waals surface area contributed by atoms with Crippen LogP contribution in [0.2, 0.25) is 0 Å². The third kappa shape index (κ3) is 5.85. The van der Waals surface area contributed by atoms with E-state index >= 15 is 0 Å². The number of hydrogen-bond acceptors (Lipinski definition) is 7. The average molecular weight is 733 g/mol. The number of primary amides is 1. The molecule has 1 unspecified atom stereocenters. The highest BCUT2D eigenvalue weighted by molar-refractivity contribution is 14.1. The third-order valence-electron chi connectivity index (χ3n) is 3.51. The van der Waals surface area contributed by atoms with E-state index in [1.165, 1.54) is 0 Å². The van der Waals surface area contributed by atoms with Crippen LogP contribution in [-0.4, -0.2) is 77.2 Å². The standard InChI is InChI=1S/C15H18I3N3O7/c16-10-8(14(19)27)11(17)13(21(1-2-22)7(26)5-24)12(18)9(10)15(28)20-3-6(25)4-23/h6,22-25H,1-5H2,(H2,19,27)(H,20,28). The zero-order valence-corrected chi connectivity index (χ0v) is 20.8. The molecule has 7 N–H and O–H groups in total. The molecule has 3 amide bonds. The highest BCUT2D eigenvalue weighted by Crippen LogP contribution is 2.37. The van der Waals surface area contributed by atoms with Gasteiger partial charge in [0.1, 0.15) is 6.61 Å². The van der Waals surface area contributed by atoms with Gasteiger partial charge in [0.25, 0.3) is 17.7 Å². The quantitative estimate of drug-likeness (QED) is 0.177.